The van der Waals surface area contributed by atoms with Crippen molar-refractivity contribution in [2.75, 3.05) is 0 Å². The molecule has 0 bridgehead atoms. The van der Waals surface area contributed by atoms with E-state index in [9.17, 15) is 0 Å². The third-order valence-electron chi connectivity index (χ3n) is 1.18. The van der Waals surface area contributed by atoms with Crippen molar-refractivity contribution >= 4 is 0 Å². The molecule has 1 heterocycles. The van der Waals surface area contributed by atoms with Gasteiger partial charge >= 0.3 is 0 Å². The summed E-state index contributed by atoms with van der Waals surface area (Å²) in [5.74, 6) is 2.48. The highest BCUT2D eigenvalue weighted by Gasteiger charge is 1.92. The molecule has 1 rings (SSSR count). The van der Waals surface area contributed by atoms with Crippen LogP contribution in [-0.4, -0.2) is 9.78 Å². The van der Waals surface area contributed by atoms with E-state index in [4.69, 9.17) is 12.2 Å². The lowest BCUT2D eigenvalue weighted by Crippen LogP contribution is -1.96. The Morgan fingerprint density at radius 1 is 1.80 bits per heavy atom. The number of hydrogen-bond acceptors (Lipinski definition) is 2. The molecule has 52 valence electrons. The van der Waals surface area contributed by atoms with Crippen molar-refractivity contribution in [2.24, 2.45) is 5.73 Å². The van der Waals surface area contributed by atoms with E-state index in [1.807, 2.05) is 6.20 Å². The highest BCUT2D eigenvalue weighted by atomic mass is 15.3. The Labute approximate surface area is 59.8 Å². The molecule has 0 saturated heterocycles. The van der Waals surface area contributed by atoms with Crippen molar-refractivity contribution in [1.29, 1.82) is 0 Å². The second kappa shape index (κ2) is 3.04. The van der Waals surface area contributed by atoms with Gasteiger partial charge in [-0.05, 0) is 0 Å². The average molecular weight is 135 g/mol. The number of terminal acetylenes is 1. The van der Waals surface area contributed by atoms with Crippen molar-refractivity contribution in [3.05, 3.63) is 18.0 Å². The van der Waals surface area contributed by atoms with Gasteiger partial charge in [0.15, 0.2) is 0 Å². The molecule has 0 atom stereocenters. The predicted octanol–water partition coefficient (Wildman–Crippen LogP) is -0.0250. The van der Waals surface area contributed by atoms with Gasteiger partial charge in [-0.2, -0.15) is 5.10 Å². The number of aromatic nitrogens is 2. The van der Waals surface area contributed by atoms with Gasteiger partial charge in [-0.1, -0.05) is 5.92 Å². The first-order valence-corrected chi connectivity index (χ1v) is 3.01. The lowest BCUT2D eigenvalue weighted by Gasteiger charge is -1.89. The van der Waals surface area contributed by atoms with Gasteiger partial charge in [0.25, 0.3) is 0 Å². The average Bonchev–Trinajstić information content (AvgIpc) is 2.37. The number of hydrogen-bond donors (Lipinski definition) is 1. The highest BCUT2D eigenvalue weighted by Crippen LogP contribution is 1.93. The maximum Gasteiger partial charge on any atom is 0.101 e. The molecule has 3 nitrogen and oxygen atoms in total. The van der Waals surface area contributed by atoms with Crippen molar-refractivity contribution in [3.63, 3.8) is 0 Å². The third-order valence-corrected chi connectivity index (χ3v) is 1.18. The standard InChI is InChI=1S/C7H9N3/c1-2-3-10-6-7(4-8)5-9-10/h1,5-6H,3-4,8H2. The zero-order valence-corrected chi connectivity index (χ0v) is 5.62. The van der Waals surface area contributed by atoms with Crippen LogP contribution in [0.5, 0.6) is 0 Å². The fourth-order valence-electron chi connectivity index (χ4n) is 0.692. The van der Waals surface area contributed by atoms with Crippen LogP contribution in [0, 0.1) is 12.3 Å². The lowest BCUT2D eigenvalue weighted by atomic mass is 10.4. The molecular weight excluding hydrogens is 126 g/mol. The number of rotatable bonds is 2. The van der Waals surface area contributed by atoms with Gasteiger partial charge in [-0.3, -0.25) is 4.68 Å². The Morgan fingerprint density at radius 2 is 2.60 bits per heavy atom. The van der Waals surface area contributed by atoms with Crippen molar-refractivity contribution in [2.45, 2.75) is 13.1 Å². The summed E-state index contributed by atoms with van der Waals surface area (Å²) >= 11 is 0. The monoisotopic (exact) mass is 135 g/mol. The molecule has 0 aliphatic heterocycles. The summed E-state index contributed by atoms with van der Waals surface area (Å²) < 4.78 is 1.68. The topological polar surface area (TPSA) is 43.8 Å². The maximum absolute atomic E-state index is 5.35. The smallest absolute Gasteiger partial charge is 0.101 e. The predicted molar refractivity (Wildman–Crippen MR) is 39.0 cm³/mol. The second-order valence-electron chi connectivity index (χ2n) is 1.95. The summed E-state index contributed by atoms with van der Waals surface area (Å²) in [6.07, 6.45) is 8.64. The Morgan fingerprint density at radius 3 is 3.10 bits per heavy atom. The van der Waals surface area contributed by atoms with Gasteiger partial charge in [-0.15, -0.1) is 6.42 Å². The fraction of sp³-hybridized carbons (Fsp3) is 0.286. The second-order valence-corrected chi connectivity index (χ2v) is 1.95. The molecule has 0 amide bonds. The van der Waals surface area contributed by atoms with Crippen LogP contribution in [0.2, 0.25) is 0 Å². The molecule has 0 spiro atoms. The first-order valence-electron chi connectivity index (χ1n) is 3.01. The summed E-state index contributed by atoms with van der Waals surface area (Å²) in [5, 5.41) is 3.97. The van der Waals surface area contributed by atoms with Crippen LogP contribution in [0.1, 0.15) is 5.56 Å². The fourth-order valence-corrected chi connectivity index (χ4v) is 0.692. The van der Waals surface area contributed by atoms with Crippen LogP contribution < -0.4 is 5.73 Å². The molecule has 0 radical (unpaired) electrons. The molecule has 0 aliphatic carbocycles. The molecular formula is C7H9N3. The normalized spacial score (nSPS) is 9.20. The van der Waals surface area contributed by atoms with E-state index in [1.165, 1.54) is 0 Å². The third kappa shape index (κ3) is 1.36. The Bertz CT molecular complexity index is 244. The first-order chi connectivity index (χ1) is 4.86. The van der Waals surface area contributed by atoms with Crippen LogP contribution in [0.3, 0.4) is 0 Å². The summed E-state index contributed by atoms with van der Waals surface area (Å²) in [7, 11) is 0. The van der Waals surface area contributed by atoms with E-state index >= 15 is 0 Å². The maximum atomic E-state index is 5.35. The summed E-state index contributed by atoms with van der Waals surface area (Å²) in [6, 6.07) is 0. The van der Waals surface area contributed by atoms with E-state index < -0.39 is 0 Å². The SMILES string of the molecule is C#CCn1cc(CN)cn1. The quantitative estimate of drug-likeness (QED) is 0.579. The van der Waals surface area contributed by atoms with E-state index in [0.29, 0.717) is 13.1 Å². The van der Waals surface area contributed by atoms with Crippen LogP contribution >= 0.6 is 0 Å². The van der Waals surface area contributed by atoms with E-state index in [2.05, 4.69) is 11.0 Å². The van der Waals surface area contributed by atoms with Crippen LogP contribution in [0.25, 0.3) is 0 Å². The Hall–Kier alpha value is -1.27. The van der Waals surface area contributed by atoms with E-state index in [1.54, 1.807) is 10.9 Å². The minimum absolute atomic E-state index is 0.514. The van der Waals surface area contributed by atoms with Crippen LogP contribution in [0.4, 0.5) is 0 Å². The molecule has 10 heavy (non-hydrogen) atoms. The number of nitrogens with zero attached hydrogens (tertiary/aromatic N) is 2. The van der Waals surface area contributed by atoms with Gasteiger partial charge in [0, 0.05) is 18.3 Å². The molecule has 0 aliphatic rings. The number of nitrogens with two attached hydrogens (primary N) is 1. The lowest BCUT2D eigenvalue weighted by molar-refractivity contribution is 0.715. The van der Waals surface area contributed by atoms with Gasteiger partial charge < -0.3 is 5.73 Å². The molecule has 1 aromatic rings. The first kappa shape index (κ1) is 6.84. The van der Waals surface area contributed by atoms with Gasteiger partial charge in [0.2, 0.25) is 0 Å². The van der Waals surface area contributed by atoms with E-state index in [0.717, 1.165) is 5.56 Å². The molecule has 3 heteroatoms. The van der Waals surface area contributed by atoms with Gasteiger partial charge in [0.1, 0.15) is 6.54 Å². The van der Waals surface area contributed by atoms with Crippen molar-refractivity contribution < 1.29 is 0 Å². The molecule has 2 N–H and O–H groups in total. The van der Waals surface area contributed by atoms with Crippen LogP contribution in [0.15, 0.2) is 12.4 Å². The zero-order valence-electron chi connectivity index (χ0n) is 5.62. The van der Waals surface area contributed by atoms with E-state index in [-0.39, 0.29) is 0 Å². The molecule has 0 unspecified atom stereocenters. The van der Waals surface area contributed by atoms with Gasteiger partial charge in [0.05, 0.1) is 6.20 Å². The summed E-state index contributed by atoms with van der Waals surface area (Å²) in [5.41, 5.74) is 6.36. The van der Waals surface area contributed by atoms with Gasteiger partial charge in [-0.25, -0.2) is 0 Å². The van der Waals surface area contributed by atoms with Crippen LogP contribution in [-0.2, 0) is 13.1 Å². The molecule has 0 aromatic carbocycles. The Kier molecular flexibility index (Phi) is 2.08. The Balaban J connectivity index is 2.70. The summed E-state index contributed by atoms with van der Waals surface area (Å²) in [4.78, 5) is 0. The highest BCUT2D eigenvalue weighted by molar-refractivity contribution is 5.03. The summed E-state index contributed by atoms with van der Waals surface area (Å²) in [6.45, 7) is 1.03. The molecule has 0 saturated carbocycles. The zero-order chi connectivity index (χ0) is 7.40. The van der Waals surface area contributed by atoms with Crippen molar-refractivity contribution in [1.82, 2.24) is 9.78 Å². The molecule has 0 fully saturated rings. The minimum Gasteiger partial charge on any atom is -0.326 e. The molecule has 1 aromatic heterocycles. The van der Waals surface area contributed by atoms with Crippen molar-refractivity contribution in [3.8, 4) is 12.3 Å². The largest absolute Gasteiger partial charge is 0.326 e. The minimum atomic E-state index is 0.514.